The van der Waals surface area contributed by atoms with Gasteiger partial charge in [0.15, 0.2) is 6.10 Å². The van der Waals surface area contributed by atoms with Crippen LogP contribution in [0.1, 0.15) is 24.2 Å². The van der Waals surface area contributed by atoms with Gasteiger partial charge >= 0.3 is 0 Å². The van der Waals surface area contributed by atoms with Gasteiger partial charge in [-0.2, -0.15) is 0 Å². The molecule has 0 aliphatic rings. The van der Waals surface area contributed by atoms with Gasteiger partial charge in [0, 0.05) is 11.4 Å². The van der Waals surface area contributed by atoms with Crippen LogP contribution in [-0.2, 0) is 4.79 Å². The summed E-state index contributed by atoms with van der Waals surface area (Å²) in [5.41, 5.74) is 1.62. The van der Waals surface area contributed by atoms with Crippen molar-refractivity contribution in [3.63, 3.8) is 0 Å². The molecular formula is C24H23ClN2O4. The first-order chi connectivity index (χ1) is 15.0. The minimum absolute atomic E-state index is 0.275. The maximum Gasteiger partial charge on any atom is 0.265 e. The van der Waals surface area contributed by atoms with Crippen molar-refractivity contribution in [1.82, 2.24) is 0 Å². The molecule has 0 bridgehead atoms. The average molecular weight is 439 g/mol. The largest absolute Gasteiger partial charge is 0.493 e. The maximum atomic E-state index is 12.6. The molecule has 0 radical (unpaired) electrons. The molecular weight excluding hydrogens is 416 g/mol. The quantitative estimate of drug-likeness (QED) is 0.494. The average Bonchev–Trinajstić information content (AvgIpc) is 2.77. The first-order valence-electron chi connectivity index (χ1n) is 9.83. The van der Waals surface area contributed by atoms with E-state index < -0.39 is 6.10 Å². The molecule has 6 nitrogen and oxygen atoms in total. The Morgan fingerprint density at radius 2 is 1.45 bits per heavy atom. The standard InChI is InChI=1S/C24H23ClN2O4/c1-3-30-21-10-6-4-8-19(21)24(29)27-18-14-12-17(13-15-18)26-23(28)16(2)31-22-11-7-5-9-20(22)25/h4-16H,3H2,1-2H3,(H,26,28)(H,27,29). The molecule has 2 amide bonds. The minimum Gasteiger partial charge on any atom is -0.493 e. The lowest BCUT2D eigenvalue weighted by molar-refractivity contribution is -0.122. The van der Waals surface area contributed by atoms with E-state index in [0.29, 0.717) is 40.1 Å². The van der Waals surface area contributed by atoms with Crippen molar-refractivity contribution in [2.45, 2.75) is 20.0 Å². The Morgan fingerprint density at radius 1 is 0.871 bits per heavy atom. The van der Waals surface area contributed by atoms with Gasteiger partial charge in [0.25, 0.3) is 11.8 Å². The van der Waals surface area contributed by atoms with Gasteiger partial charge in [0.2, 0.25) is 0 Å². The molecule has 0 aliphatic carbocycles. The van der Waals surface area contributed by atoms with E-state index in [2.05, 4.69) is 10.6 Å². The fourth-order valence-electron chi connectivity index (χ4n) is 2.80. The molecule has 7 heteroatoms. The van der Waals surface area contributed by atoms with Gasteiger partial charge in [-0.25, -0.2) is 0 Å². The molecule has 31 heavy (non-hydrogen) atoms. The van der Waals surface area contributed by atoms with Crippen molar-refractivity contribution >= 4 is 34.8 Å². The maximum absolute atomic E-state index is 12.6. The smallest absolute Gasteiger partial charge is 0.265 e. The van der Waals surface area contributed by atoms with Crippen LogP contribution < -0.4 is 20.1 Å². The van der Waals surface area contributed by atoms with Gasteiger partial charge in [-0.05, 0) is 62.4 Å². The first-order valence-corrected chi connectivity index (χ1v) is 10.2. The van der Waals surface area contributed by atoms with Crippen LogP contribution in [0.25, 0.3) is 0 Å². The number of para-hydroxylation sites is 2. The highest BCUT2D eigenvalue weighted by Gasteiger charge is 2.16. The predicted octanol–water partition coefficient (Wildman–Crippen LogP) is 5.40. The molecule has 3 aromatic rings. The normalized spacial score (nSPS) is 11.3. The Morgan fingerprint density at radius 3 is 2.10 bits per heavy atom. The molecule has 0 heterocycles. The Kier molecular flexibility index (Phi) is 7.51. The van der Waals surface area contributed by atoms with Crippen molar-refractivity contribution in [2.75, 3.05) is 17.2 Å². The summed E-state index contributed by atoms with van der Waals surface area (Å²) in [6, 6.07) is 20.8. The third-order valence-corrected chi connectivity index (χ3v) is 4.66. The van der Waals surface area contributed by atoms with Gasteiger partial charge in [0.05, 0.1) is 17.2 Å². The number of halogens is 1. The Hall–Kier alpha value is -3.51. The summed E-state index contributed by atoms with van der Waals surface area (Å²) in [4.78, 5) is 25.0. The number of hydrogen-bond acceptors (Lipinski definition) is 4. The van der Waals surface area contributed by atoms with Crippen molar-refractivity contribution in [3.8, 4) is 11.5 Å². The van der Waals surface area contributed by atoms with Crippen LogP contribution in [0, 0.1) is 0 Å². The van der Waals surface area contributed by atoms with E-state index in [9.17, 15) is 9.59 Å². The molecule has 0 saturated carbocycles. The molecule has 160 valence electrons. The molecule has 1 unspecified atom stereocenters. The monoisotopic (exact) mass is 438 g/mol. The Bertz CT molecular complexity index is 1050. The van der Waals surface area contributed by atoms with Crippen LogP contribution in [0.5, 0.6) is 11.5 Å². The number of hydrogen-bond donors (Lipinski definition) is 2. The lowest BCUT2D eigenvalue weighted by Crippen LogP contribution is -2.30. The van der Waals surface area contributed by atoms with Gasteiger partial charge in [-0.3, -0.25) is 9.59 Å². The molecule has 0 spiro atoms. The fourth-order valence-corrected chi connectivity index (χ4v) is 2.98. The second-order valence-corrected chi connectivity index (χ2v) is 7.05. The number of ether oxygens (including phenoxy) is 2. The van der Waals surface area contributed by atoms with E-state index in [0.717, 1.165) is 0 Å². The SMILES string of the molecule is CCOc1ccccc1C(=O)Nc1ccc(NC(=O)C(C)Oc2ccccc2Cl)cc1. The highest BCUT2D eigenvalue weighted by molar-refractivity contribution is 6.32. The number of amides is 2. The predicted molar refractivity (Wildman–Crippen MR) is 122 cm³/mol. The summed E-state index contributed by atoms with van der Waals surface area (Å²) >= 11 is 6.06. The summed E-state index contributed by atoms with van der Waals surface area (Å²) in [7, 11) is 0. The highest BCUT2D eigenvalue weighted by Crippen LogP contribution is 2.25. The Labute approximate surface area is 186 Å². The third-order valence-electron chi connectivity index (χ3n) is 4.35. The van der Waals surface area contributed by atoms with Gasteiger partial charge in [0.1, 0.15) is 11.5 Å². The van der Waals surface area contributed by atoms with Crippen molar-refractivity contribution in [1.29, 1.82) is 0 Å². The number of benzene rings is 3. The zero-order chi connectivity index (χ0) is 22.2. The molecule has 3 aromatic carbocycles. The molecule has 3 rings (SSSR count). The summed E-state index contributed by atoms with van der Waals surface area (Å²) in [6.07, 6.45) is -0.741. The summed E-state index contributed by atoms with van der Waals surface area (Å²) in [6.45, 7) is 3.97. The lowest BCUT2D eigenvalue weighted by Gasteiger charge is -2.16. The number of anilines is 2. The van der Waals surface area contributed by atoms with E-state index in [-0.39, 0.29) is 11.8 Å². The van der Waals surface area contributed by atoms with Crippen LogP contribution in [0.15, 0.2) is 72.8 Å². The van der Waals surface area contributed by atoms with E-state index >= 15 is 0 Å². The van der Waals surface area contributed by atoms with E-state index in [4.69, 9.17) is 21.1 Å². The summed E-state index contributed by atoms with van der Waals surface area (Å²) in [5, 5.41) is 6.05. The van der Waals surface area contributed by atoms with Crippen LogP contribution in [0.4, 0.5) is 11.4 Å². The van der Waals surface area contributed by atoms with Crippen molar-refractivity contribution in [2.24, 2.45) is 0 Å². The van der Waals surface area contributed by atoms with Crippen LogP contribution in [0.2, 0.25) is 5.02 Å². The third kappa shape index (κ3) is 5.99. The van der Waals surface area contributed by atoms with E-state index in [1.807, 2.05) is 13.0 Å². The zero-order valence-electron chi connectivity index (χ0n) is 17.2. The molecule has 0 aliphatic heterocycles. The van der Waals surface area contributed by atoms with Gasteiger partial charge in [-0.1, -0.05) is 35.9 Å². The highest BCUT2D eigenvalue weighted by atomic mass is 35.5. The Balaban J connectivity index is 1.59. The lowest BCUT2D eigenvalue weighted by atomic mass is 10.2. The second kappa shape index (κ2) is 10.5. The van der Waals surface area contributed by atoms with Crippen LogP contribution in [-0.4, -0.2) is 24.5 Å². The second-order valence-electron chi connectivity index (χ2n) is 6.64. The molecule has 0 saturated heterocycles. The molecule has 0 aromatic heterocycles. The molecule has 2 N–H and O–H groups in total. The molecule has 1 atom stereocenters. The summed E-state index contributed by atoms with van der Waals surface area (Å²) < 4.78 is 11.1. The summed E-state index contributed by atoms with van der Waals surface area (Å²) in [5.74, 6) is 0.376. The first kappa shape index (κ1) is 22.2. The van der Waals surface area contributed by atoms with Gasteiger partial charge in [-0.15, -0.1) is 0 Å². The zero-order valence-corrected chi connectivity index (χ0v) is 18.0. The van der Waals surface area contributed by atoms with Crippen molar-refractivity contribution < 1.29 is 19.1 Å². The van der Waals surface area contributed by atoms with E-state index in [1.165, 1.54) is 0 Å². The number of nitrogens with one attached hydrogen (secondary N) is 2. The fraction of sp³-hybridized carbons (Fsp3) is 0.167. The van der Waals surface area contributed by atoms with E-state index in [1.54, 1.807) is 73.7 Å². The number of carbonyl (C=O) groups is 2. The van der Waals surface area contributed by atoms with Crippen molar-refractivity contribution in [3.05, 3.63) is 83.4 Å². The topological polar surface area (TPSA) is 76.7 Å². The molecule has 0 fully saturated rings. The van der Waals surface area contributed by atoms with Crippen LogP contribution in [0.3, 0.4) is 0 Å². The number of rotatable bonds is 8. The number of carbonyl (C=O) groups excluding carboxylic acids is 2. The van der Waals surface area contributed by atoms with Crippen LogP contribution >= 0.6 is 11.6 Å². The van der Waals surface area contributed by atoms with Gasteiger partial charge < -0.3 is 20.1 Å². The minimum atomic E-state index is -0.741.